The summed E-state index contributed by atoms with van der Waals surface area (Å²) in [6, 6.07) is 11.0. The van der Waals surface area contributed by atoms with Crippen molar-refractivity contribution >= 4 is 46.2 Å². The zero-order valence-electron chi connectivity index (χ0n) is 14.2. The van der Waals surface area contributed by atoms with Gasteiger partial charge in [0.1, 0.15) is 11.7 Å². The third kappa shape index (κ3) is 6.61. The zero-order chi connectivity index (χ0) is 19.8. The van der Waals surface area contributed by atoms with Gasteiger partial charge in [0, 0.05) is 11.2 Å². The maximum Gasteiger partial charge on any atom is 0.270 e. The predicted octanol–water partition coefficient (Wildman–Crippen LogP) is 3.60. The van der Waals surface area contributed by atoms with Crippen LogP contribution in [0.5, 0.6) is 11.5 Å². The summed E-state index contributed by atoms with van der Waals surface area (Å²) in [4.78, 5) is 10.2. The summed E-state index contributed by atoms with van der Waals surface area (Å²) < 4.78 is 12.1. The van der Waals surface area contributed by atoms with Crippen LogP contribution in [-0.2, 0) is 6.61 Å². The first-order valence-electron chi connectivity index (χ1n) is 7.55. The SMILES string of the molecule is COc1cc(/C=C/N/C(N)=N\[N+](=O)[O-])cc(I)c1OCc1ccc(Cl)cc1. The second-order valence-electron chi connectivity index (χ2n) is 5.15. The quantitative estimate of drug-likeness (QED) is 0.197. The largest absolute Gasteiger partial charge is 0.493 e. The van der Waals surface area contributed by atoms with Crippen molar-refractivity contribution in [3.8, 4) is 11.5 Å². The molecule has 10 heteroatoms. The molecule has 0 aliphatic heterocycles. The smallest absolute Gasteiger partial charge is 0.270 e. The van der Waals surface area contributed by atoms with E-state index in [1.165, 1.54) is 6.20 Å². The first kappa shape index (κ1) is 20.8. The topological polar surface area (TPSA) is 112 Å². The number of nitro groups is 1. The summed E-state index contributed by atoms with van der Waals surface area (Å²) in [5, 5.41) is 15.4. The molecule has 2 aromatic rings. The third-order valence-corrected chi connectivity index (χ3v) is 4.30. The molecular weight excluding hydrogens is 487 g/mol. The highest BCUT2D eigenvalue weighted by Gasteiger charge is 2.11. The maximum atomic E-state index is 10.2. The number of guanidine groups is 1. The first-order valence-corrected chi connectivity index (χ1v) is 9.01. The molecule has 27 heavy (non-hydrogen) atoms. The molecule has 0 radical (unpaired) electrons. The van der Waals surface area contributed by atoms with E-state index in [0.717, 1.165) is 14.7 Å². The van der Waals surface area contributed by atoms with Gasteiger partial charge in [-0.1, -0.05) is 23.7 Å². The molecule has 0 aliphatic carbocycles. The van der Waals surface area contributed by atoms with Crippen molar-refractivity contribution in [3.05, 3.63) is 72.4 Å². The molecule has 0 saturated heterocycles. The fourth-order valence-electron chi connectivity index (χ4n) is 2.05. The Hall–Kier alpha value is -2.53. The zero-order valence-corrected chi connectivity index (χ0v) is 17.1. The van der Waals surface area contributed by atoms with Gasteiger partial charge in [-0.2, -0.15) is 0 Å². The molecule has 142 valence electrons. The molecule has 8 nitrogen and oxygen atoms in total. The van der Waals surface area contributed by atoms with Crippen LogP contribution in [0.2, 0.25) is 5.02 Å². The van der Waals surface area contributed by atoms with Gasteiger partial charge in [-0.25, -0.2) is 10.1 Å². The minimum absolute atomic E-state index is 0.319. The summed E-state index contributed by atoms with van der Waals surface area (Å²) >= 11 is 8.03. The van der Waals surface area contributed by atoms with Crippen molar-refractivity contribution in [3.63, 3.8) is 0 Å². The number of ether oxygens (including phenoxy) is 2. The molecule has 0 aromatic heterocycles. The predicted molar refractivity (Wildman–Crippen MR) is 112 cm³/mol. The maximum absolute atomic E-state index is 10.2. The second kappa shape index (κ2) is 9.97. The van der Waals surface area contributed by atoms with Gasteiger partial charge in [0.15, 0.2) is 16.5 Å². The average molecular weight is 503 g/mol. The van der Waals surface area contributed by atoms with Crippen LogP contribution in [0.4, 0.5) is 0 Å². The van der Waals surface area contributed by atoms with Gasteiger partial charge < -0.3 is 20.5 Å². The Morgan fingerprint density at radius 2 is 2.11 bits per heavy atom. The van der Waals surface area contributed by atoms with E-state index in [9.17, 15) is 10.1 Å². The van der Waals surface area contributed by atoms with E-state index >= 15 is 0 Å². The van der Waals surface area contributed by atoms with Gasteiger partial charge in [0.05, 0.1) is 10.7 Å². The fraction of sp³-hybridized carbons (Fsp3) is 0.118. The Kier molecular flexibility index (Phi) is 7.67. The van der Waals surface area contributed by atoms with Gasteiger partial charge in [0.25, 0.3) is 5.96 Å². The van der Waals surface area contributed by atoms with Crippen LogP contribution >= 0.6 is 34.2 Å². The Labute approximate surface area is 174 Å². The number of hydrazone groups is 1. The molecule has 0 atom stereocenters. The molecule has 0 fully saturated rings. The van der Waals surface area contributed by atoms with E-state index in [-0.39, 0.29) is 5.96 Å². The molecule has 2 rings (SSSR count). The van der Waals surface area contributed by atoms with E-state index in [4.69, 9.17) is 26.8 Å². The molecule has 0 heterocycles. The minimum Gasteiger partial charge on any atom is -0.493 e. The lowest BCUT2D eigenvalue weighted by molar-refractivity contribution is -0.485. The van der Waals surface area contributed by atoms with E-state index in [0.29, 0.717) is 23.1 Å². The number of hydrogen-bond acceptors (Lipinski definition) is 4. The summed E-state index contributed by atoms with van der Waals surface area (Å²) in [6.07, 6.45) is 3.12. The molecule has 0 amide bonds. The van der Waals surface area contributed by atoms with Crippen LogP contribution in [0, 0.1) is 13.7 Å². The van der Waals surface area contributed by atoms with Crippen LogP contribution < -0.4 is 20.5 Å². The Morgan fingerprint density at radius 1 is 1.41 bits per heavy atom. The highest BCUT2D eigenvalue weighted by atomic mass is 127. The lowest BCUT2D eigenvalue weighted by Gasteiger charge is -2.14. The summed E-state index contributed by atoms with van der Waals surface area (Å²) in [6.45, 7) is 0.369. The fourth-order valence-corrected chi connectivity index (χ4v) is 2.96. The standard InChI is InChI=1S/C17H16ClIN4O4/c1-26-15-9-12(6-7-21-17(20)22-23(24)25)8-14(19)16(15)27-10-11-2-4-13(18)5-3-11/h2-9H,10H2,1H3,(H3,20,21,22)/b7-6+. The Morgan fingerprint density at radius 3 is 2.74 bits per heavy atom. The van der Waals surface area contributed by atoms with Crippen molar-refractivity contribution < 1.29 is 14.5 Å². The molecule has 0 spiro atoms. The number of benzene rings is 2. The summed E-state index contributed by atoms with van der Waals surface area (Å²) in [5.41, 5.74) is 7.11. The summed E-state index contributed by atoms with van der Waals surface area (Å²) in [5.74, 6) is 0.857. The van der Waals surface area contributed by atoms with Crippen LogP contribution in [0.1, 0.15) is 11.1 Å². The Balaban J connectivity index is 2.11. The molecule has 0 aliphatic rings. The highest BCUT2D eigenvalue weighted by molar-refractivity contribution is 14.1. The van der Waals surface area contributed by atoms with Gasteiger partial charge in [-0.15, -0.1) is 0 Å². The van der Waals surface area contributed by atoms with E-state index in [1.54, 1.807) is 31.4 Å². The average Bonchev–Trinajstić information content (AvgIpc) is 2.61. The van der Waals surface area contributed by atoms with E-state index < -0.39 is 5.03 Å². The Bertz CT molecular complexity index is 872. The van der Waals surface area contributed by atoms with Crippen molar-refractivity contribution in [1.29, 1.82) is 0 Å². The third-order valence-electron chi connectivity index (χ3n) is 3.24. The van der Waals surface area contributed by atoms with E-state index in [2.05, 4.69) is 33.0 Å². The van der Waals surface area contributed by atoms with Gasteiger partial charge in [-0.3, -0.25) is 0 Å². The van der Waals surface area contributed by atoms with Crippen molar-refractivity contribution in [1.82, 2.24) is 5.32 Å². The van der Waals surface area contributed by atoms with Crippen molar-refractivity contribution in [2.45, 2.75) is 6.61 Å². The minimum atomic E-state index is -0.880. The number of nitrogens with zero attached hydrogens (tertiary/aromatic N) is 2. The normalized spacial score (nSPS) is 11.4. The first-order chi connectivity index (χ1) is 12.9. The van der Waals surface area contributed by atoms with Crippen molar-refractivity contribution in [2.24, 2.45) is 10.8 Å². The number of hydrogen-bond donors (Lipinski definition) is 2. The number of methoxy groups -OCH3 is 1. The molecule has 2 aromatic carbocycles. The number of nitrogens with two attached hydrogens (primary N) is 1. The highest BCUT2D eigenvalue weighted by Crippen LogP contribution is 2.35. The lowest BCUT2D eigenvalue weighted by atomic mass is 10.2. The van der Waals surface area contributed by atoms with Crippen LogP contribution in [-0.4, -0.2) is 18.1 Å². The molecular formula is C17H16ClIN4O4. The molecule has 3 N–H and O–H groups in total. The number of halogens is 2. The lowest BCUT2D eigenvalue weighted by Crippen LogP contribution is -2.27. The molecule has 0 saturated carbocycles. The number of nitrogens with one attached hydrogen (secondary N) is 1. The van der Waals surface area contributed by atoms with Crippen LogP contribution in [0.25, 0.3) is 6.08 Å². The van der Waals surface area contributed by atoms with E-state index in [1.807, 2.05) is 18.2 Å². The monoisotopic (exact) mass is 502 g/mol. The summed E-state index contributed by atoms with van der Waals surface area (Å²) in [7, 11) is 1.55. The van der Waals surface area contributed by atoms with Gasteiger partial charge >= 0.3 is 0 Å². The molecule has 0 unspecified atom stereocenters. The molecule has 0 bridgehead atoms. The van der Waals surface area contributed by atoms with Crippen LogP contribution in [0.15, 0.2) is 47.7 Å². The van der Waals surface area contributed by atoms with Gasteiger partial charge in [-0.05, 0) is 64.1 Å². The number of rotatable bonds is 7. The second-order valence-corrected chi connectivity index (χ2v) is 6.75. The van der Waals surface area contributed by atoms with Crippen LogP contribution in [0.3, 0.4) is 0 Å². The van der Waals surface area contributed by atoms with Gasteiger partial charge in [0.2, 0.25) is 0 Å². The van der Waals surface area contributed by atoms with Crippen molar-refractivity contribution in [2.75, 3.05) is 7.11 Å².